The average molecular weight is 304 g/mol. The minimum Gasteiger partial charge on any atom is -0.506 e. The van der Waals surface area contributed by atoms with Crippen LogP contribution in [0, 0.1) is 0 Å². The predicted molar refractivity (Wildman–Crippen MR) is 73.5 cm³/mol. The fourth-order valence-corrected chi connectivity index (χ4v) is 2.33. The van der Waals surface area contributed by atoms with E-state index in [1.54, 1.807) is 12.1 Å². The molecule has 0 saturated carbocycles. The van der Waals surface area contributed by atoms with Crippen LogP contribution in [0.25, 0.3) is 11.4 Å². The number of phenolic OH excluding ortho intramolecular Hbond substituents is 1. The largest absolute Gasteiger partial charge is 0.506 e. The highest BCUT2D eigenvalue weighted by Gasteiger charge is 2.12. The van der Waals surface area contributed by atoms with Crippen LogP contribution in [0.1, 0.15) is 12.5 Å². The molecule has 0 aliphatic carbocycles. The lowest BCUT2D eigenvalue weighted by atomic mass is 10.2. The summed E-state index contributed by atoms with van der Waals surface area (Å²) in [5.74, 6) is 0.381. The van der Waals surface area contributed by atoms with Gasteiger partial charge in [-0.2, -0.15) is 0 Å². The number of hydrogen-bond donors (Lipinski definition) is 1. The Kier molecular flexibility index (Phi) is 3.95. The van der Waals surface area contributed by atoms with Crippen LogP contribution in [0.15, 0.2) is 18.2 Å². The maximum Gasteiger partial charge on any atom is 0.162 e. The molecule has 3 nitrogen and oxygen atoms in total. The molecule has 2 rings (SSSR count). The number of phenols is 1. The quantitative estimate of drug-likeness (QED) is 0.838. The molecule has 0 aliphatic heterocycles. The molecule has 0 aliphatic rings. The van der Waals surface area contributed by atoms with Gasteiger partial charge >= 0.3 is 0 Å². The third kappa shape index (κ3) is 2.53. The van der Waals surface area contributed by atoms with E-state index in [0.717, 1.165) is 0 Å². The van der Waals surface area contributed by atoms with Crippen LogP contribution in [0.4, 0.5) is 0 Å². The van der Waals surface area contributed by atoms with E-state index < -0.39 is 0 Å². The van der Waals surface area contributed by atoms with Crippen LogP contribution in [0.5, 0.6) is 5.75 Å². The number of halogens is 3. The van der Waals surface area contributed by atoms with E-state index in [9.17, 15) is 5.11 Å². The lowest BCUT2D eigenvalue weighted by Gasteiger charge is -2.07. The van der Waals surface area contributed by atoms with Crippen molar-refractivity contribution in [2.24, 2.45) is 0 Å². The summed E-state index contributed by atoms with van der Waals surface area (Å²) in [7, 11) is 0. The Labute approximate surface area is 119 Å². The zero-order chi connectivity index (χ0) is 13.3. The summed E-state index contributed by atoms with van der Waals surface area (Å²) in [6, 6.07) is 4.68. The molecule has 0 unspecified atom stereocenters. The fraction of sp³-hybridized carbons (Fsp3) is 0.167. The topological polar surface area (TPSA) is 46.0 Å². The van der Waals surface area contributed by atoms with Crippen molar-refractivity contribution in [3.8, 4) is 17.1 Å². The van der Waals surface area contributed by atoms with Gasteiger partial charge in [0.15, 0.2) is 5.82 Å². The molecule has 6 heteroatoms. The third-order valence-electron chi connectivity index (χ3n) is 2.47. The molecule has 1 aromatic carbocycles. The lowest BCUT2D eigenvalue weighted by Crippen LogP contribution is -1.96. The van der Waals surface area contributed by atoms with Crippen LogP contribution in [-0.4, -0.2) is 15.1 Å². The number of aromatic nitrogens is 2. The van der Waals surface area contributed by atoms with Crippen LogP contribution in [-0.2, 0) is 6.42 Å². The highest BCUT2D eigenvalue weighted by molar-refractivity contribution is 6.34. The molecular weight excluding hydrogens is 295 g/mol. The maximum absolute atomic E-state index is 9.36. The first-order chi connectivity index (χ1) is 8.52. The van der Waals surface area contributed by atoms with Gasteiger partial charge in [-0.3, -0.25) is 0 Å². The molecule has 0 radical (unpaired) electrons. The zero-order valence-corrected chi connectivity index (χ0v) is 11.7. The molecule has 1 N–H and O–H groups in total. The molecule has 2 aromatic rings. The van der Waals surface area contributed by atoms with Crippen LogP contribution >= 0.6 is 34.8 Å². The Morgan fingerprint density at radius 3 is 2.22 bits per heavy atom. The van der Waals surface area contributed by atoms with Crippen LogP contribution < -0.4 is 0 Å². The first kappa shape index (κ1) is 13.4. The minimum absolute atomic E-state index is 0.00258. The zero-order valence-electron chi connectivity index (χ0n) is 9.41. The minimum atomic E-state index is 0.00258. The van der Waals surface area contributed by atoms with E-state index in [4.69, 9.17) is 34.8 Å². The Morgan fingerprint density at radius 1 is 1.11 bits per heavy atom. The van der Waals surface area contributed by atoms with Gasteiger partial charge in [0.1, 0.15) is 16.1 Å². The van der Waals surface area contributed by atoms with Crippen molar-refractivity contribution >= 4 is 34.8 Å². The van der Waals surface area contributed by atoms with E-state index in [1.165, 1.54) is 6.07 Å². The van der Waals surface area contributed by atoms with Gasteiger partial charge in [-0.05, 0) is 24.6 Å². The molecule has 0 fully saturated rings. The molecule has 94 valence electrons. The summed E-state index contributed by atoms with van der Waals surface area (Å²) in [5, 5.41) is 10.2. The molecule has 0 atom stereocenters. The second-order valence-electron chi connectivity index (χ2n) is 3.63. The van der Waals surface area contributed by atoms with Crippen LogP contribution in [0.2, 0.25) is 15.3 Å². The highest BCUT2D eigenvalue weighted by Crippen LogP contribution is 2.30. The van der Waals surface area contributed by atoms with Gasteiger partial charge in [0, 0.05) is 11.1 Å². The van der Waals surface area contributed by atoms with Crippen molar-refractivity contribution in [3.05, 3.63) is 39.1 Å². The monoisotopic (exact) mass is 302 g/mol. The van der Waals surface area contributed by atoms with Gasteiger partial charge < -0.3 is 5.11 Å². The van der Waals surface area contributed by atoms with Gasteiger partial charge in [0.05, 0.1) is 5.02 Å². The first-order valence-electron chi connectivity index (χ1n) is 5.23. The fourth-order valence-electron chi connectivity index (χ4n) is 1.50. The smallest absolute Gasteiger partial charge is 0.162 e. The average Bonchev–Trinajstić information content (AvgIpc) is 2.32. The molecule has 0 spiro atoms. The molecule has 0 amide bonds. The summed E-state index contributed by atoms with van der Waals surface area (Å²) in [5.41, 5.74) is 1.36. The van der Waals surface area contributed by atoms with Crippen molar-refractivity contribution in [1.29, 1.82) is 0 Å². The van der Waals surface area contributed by atoms with Crippen molar-refractivity contribution in [2.45, 2.75) is 13.3 Å². The number of rotatable bonds is 2. The van der Waals surface area contributed by atoms with Gasteiger partial charge in [-0.25, -0.2) is 9.97 Å². The standard InChI is InChI=1S/C12H9Cl3N2O/c1-2-7-10(14)16-12(17-11(7)15)6-3-4-9(18)8(13)5-6/h3-5,18H,2H2,1H3. The maximum atomic E-state index is 9.36. The molecule has 18 heavy (non-hydrogen) atoms. The van der Waals surface area contributed by atoms with Crippen molar-refractivity contribution < 1.29 is 5.11 Å². The second kappa shape index (κ2) is 5.31. The van der Waals surface area contributed by atoms with E-state index in [-0.39, 0.29) is 10.8 Å². The summed E-state index contributed by atoms with van der Waals surface area (Å²) in [6.45, 7) is 1.92. The highest BCUT2D eigenvalue weighted by atomic mass is 35.5. The number of benzene rings is 1. The summed E-state index contributed by atoms with van der Waals surface area (Å²) < 4.78 is 0. The summed E-state index contributed by atoms with van der Waals surface area (Å²) in [4.78, 5) is 8.35. The normalized spacial score (nSPS) is 10.7. The molecular formula is C12H9Cl3N2O. The predicted octanol–water partition coefficient (Wildman–Crippen LogP) is 4.37. The van der Waals surface area contributed by atoms with Crippen molar-refractivity contribution in [3.63, 3.8) is 0 Å². The second-order valence-corrected chi connectivity index (χ2v) is 4.75. The van der Waals surface area contributed by atoms with Crippen LogP contribution in [0.3, 0.4) is 0 Å². The summed E-state index contributed by atoms with van der Waals surface area (Å²) >= 11 is 17.9. The Balaban J connectivity index is 2.54. The number of nitrogens with zero attached hydrogens (tertiary/aromatic N) is 2. The number of hydrogen-bond acceptors (Lipinski definition) is 3. The van der Waals surface area contributed by atoms with Crippen molar-refractivity contribution in [1.82, 2.24) is 9.97 Å². The SMILES string of the molecule is CCc1c(Cl)nc(-c2ccc(O)c(Cl)c2)nc1Cl. The molecule has 1 heterocycles. The molecule has 0 saturated heterocycles. The van der Waals surface area contributed by atoms with E-state index in [0.29, 0.717) is 33.7 Å². The van der Waals surface area contributed by atoms with Gasteiger partial charge in [0.25, 0.3) is 0 Å². The van der Waals surface area contributed by atoms with Gasteiger partial charge in [-0.1, -0.05) is 41.7 Å². The Hall–Kier alpha value is -1.03. The summed E-state index contributed by atoms with van der Waals surface area (Å²) in [6.07, 6.45) is 0.661. The van der Waals surface area contributed by atoms with Gasteiger partial charge in [-0.15, -0.1) is 0 Å². The van der Waals surface area contributed by atoms with E-state index in [1.807, 2.05) is 6.92 Å². The number of aromatic hydroxyl groups is 1. The lowest BCUT2D eigenvalue weighted by molar-refractivity contribution is 0.475. The third-order valence-corrected chi connectivity index (χ3v) is 3.39. The Bertz CT molecular complexity index is 579. The molecule has 1 aromatic heterocycles. The molecule has 0 bridgehead atoms. The first-order valence-corrected chi connectivity index (χ1v) is 6.37. The van der Waals surface area contributed by atoms with Crippen molar-refractivity contribution in [2.75, 3.05) is 0 Å². The Morgan fingerprint density at radius 2 is 1.72 bits per heavy atom. The van der Waals surface area contributed by atoms with Gasteiger partial charge in [0.2, 0.25) is 0 Å². The van der Waals surface area contributed by atoms with E-state index >= 15 is 0 Å². The van der Waals surface area contributed by atoms with E-state index in [2.05, 4.69) is 9.97 Å².